The Morgan fingerprint density at radius 3 is 2.90 bits per heavy atom. The van der Waals surface area contributed by atoms with Gasteiger partial charge >= 0.3 is 0 Å². The fourth-order valence-electron chi connectivity index (χ4n) is 2.42. The van der Waals surface area contributed by atoms with Gasteiger partial charge in [-0.1, -0.05) is 18.2 Å². The maximum atomic E-state index is 11.5. The van der Waals surface area contributed by atoms with E-state index in [1.807, 2.05) is 23.9 Å². The van der Waals surface area contributed by atoms with E-state index in [0.717, 1.165) is 5.75 Å². The number of nitrogen functional groups attached to an aromatic ring is 1. The summed E-state index contributed by atoms with van der Waals surface area (Å²) in [5.74, 6) is 1.27. The van der Waals surface area contributed by atoms with Crippen LogP contribution in [-0.4, -0.2) is 18.3 Å². The lowest BCUT2D eigenvalue weighted by Gasteiger charge is -2.14. The van der Waals surface area contributed by atoms with Gasteiger partial charge in [0.05, 0.1) is 12.2 Å². The molecule has 0 saturated heterocycles. The molecule has 0 aliphatic carbocycles. The van der Waals surface area contributed by atoms with Crippen LogP contribution in [0.25, 0.3) is 0 Å². The second-order valence-corrected chi connectivity index (χ2v) is 6.04. The normalized spacial score (nSPS) is 16.5. The molecule has 1 unspecified atom stereocenters. The number of hydrogen-bond acceptors (Lipinski definition) is 4. The summed E-state index contributed by atoms with van der Waals surface area (Å²) in [7, 11) is 0. The zero-order valence-corrected chi connectivity index (χ0v) is 12.2. The third kappa shape index (κ3) is 2.83. The minimum absolute atomic E-state index is 0.324. The van der Waals surface area contributed by atoms with Gasteiger partial charge in [-0.05, 0) is 29.8 Å². The Labute approximate surface area is 127 Å². The van der Waals surface area contributed by atoms with Crippen molar-refractivity contribution in [3.8, 4) is 5.75 Å². The number of thioether (sulfide) groups is 1. The van der Waals surface area contributed by atoms with Crippen LogP contribution in [0.1, 0.15) is 21.8 Å². The van der Waals surface area contributed by atoms with Gasteiger partial charge in [-0.3, -0.25) is 4.79 Å². The highest BCUT2D eigenvalue weighted by molar-refractivity contribution is 7.99. The largest absolute Gasteiger partial charge is 0.492 e. The van der Waals surface area contributed by atoms with Crippen molar-refractivity contribution in [2.75, 3.05) is 18.1 Å². The molecule has 1 amide bonds. The van der Waals surface area contributed by atoms with Crippen molar-refractivity contribution in [2.24, 2.45) is 5.73 Å². The molecule has 1 aliphatic rings. The summed E-state index contributed by atoms with van der Waals surface area (Å²) >= 11 is 1.83. The molecule has 4 N–H and O–H groups in total. The first kappa shape index (κ1) is 13.8. The van der Waals surface area contributed by atoms with Gasteiger partial charge < -0.3 is 16.2 Å². The number of anilines is 1. The first-order chi connectivity index (χ1) is 10.1. The highest BCUT2D eigenvalue weighted by Gasteiger charge is 2.23. The lowest BCUT2D eigenvalue weighted by molar-refractivity contribution is 0.0996. The maximum absolute atomic E-state index is 11.5. The average Bonchev–Trinajstić information content (AvgIpc) is 2.89. The molecule has 0 aromatic heterocycles. The molecular weight excluding hydrogens is 284 g/mol. The molecule has 0 spiro atoms. The first-order valence-corrected chi connectivity index (χ1v) is 7.67. The molecule has 0 radical (unpaired) electrons. The number of carbonyl (C=O) groups excluding carboxylic acids is 1. The van der Waals surface area contributed by atoms with E-state index in [1.165, 1.54) is 10.5 Å². The molecule has 0 bridgehead atoms. The van der Waals surface area contributed by atoms with Crippen molar-refractivity contribution in [1.29, 1.82) is 0 Å². The zero-order chi connectivity index (χ0) is 14.8. The van der Waals surface area contributed by atoms with Crippen LogP contribution in [0.4, 0.5) is 5.69 Å². The van der Waals surface area contributed by atoms with Crippen molar-refractivity contribution < 1.29 is 9.53 Å². The Kier molecular flexibility index (Phi) is 3.75. The lowest BCUT2D eigenvalue weighted by Crippen LogP contribution is -2.16. The molecule has 21 heavy (non-hydrogen) atoms. The molecule has 4 nitrogen and oxygen atoms in total. The fraction of sp³-hybridized carbons (Fsp3) is 0.188. The number of benzene rings is 2. The van der Waals surface area contributed by atoms with Crippen LogP contribution in [0.15, 0.2) is 47.4 Å². The van der Waals surface area contributed by atoms with Crippen LogP contribution in [0.5, 0.6) is 5.75 Å². The molecule has 0 fully saturated rings. The Hall–Kier alpha value is -2.14. The van der Waals surface area contributed by atoms with Gasteiger partial charge in [0.2, 0.25) is 0 Å². The van der Waals surface area contributed by atoms with Crippen molar-refractivity contribution in [1.82, 2.24) is 0 Å². The highest BCUT2D eigenvalue weighted by Crippen LogP contribution is 2.39. The summed E-state index contributed by atoms with van der Waals surface area (Å²) in [5, 5.41) is 0. The van der Waals surface area contributed by atoms with E-state index in [0.29, 0.717) is 29.5 Å². The van der Waals surface area contributed by atoms with Crippen molar-refractivity contribution in [2.45, 2.75) is 10.8 Å². The second-order valence-electron chi connectivity index (χ2n) is 4.98. The van der Waals surface area contributed by atoms with E-state index in [9.17, 15) is 4.79 Å². The molecule has 108 valence electrons. The van der Waals surface area contributed by atoms with Crippen LogP contribution in [0, 0.1) is 0 Å². The first-order valence-electron chi connectivity index (χ1n) is 6.69. The zero-order valence-electron chi connectivity index (χ0n) is 11.4. The summed E-state index contributed by atoms with van der Waals surface area (Å²) in [6, 6.07) is 13.3. The smallest absolute Gasteiger partial charge is 0.252 e. The number of nitrogens with two attached hydrogens (primary N) is 2. The van der Waals surface area contributed by atoms with Gasteiger partial charge in [0, 0.05) is 22.3 Å². The lowest BCUT2D eigenvalue weighted by atomic mass is 10.0. The minimum Gasteiger partial charge on any atom is -0.492 e. The number of ether oxygens (including phenoxy) is 1. The van der Waals surface area contributed by atoms with Gasteiger partial charge in [-0.2, -0.15) is 0 Å². The van der Waals surface area contributed by atoms with E-state index in [1.54, 1.807) is 18.2 Å². The number of fused-ring (bicyclic) bond motifs is 1. The molecule has 5 heteroatoms. The quantitative estimate of drug-likeness (QED) is 0.851. The molecule has 1 aliphatic heterocycles. The van der Waals surface area contributed by atoms with Crippen molar-refractivity contribution in [3.05, 3.63) is 53.6 Å². The van der Waals surface area contributed by atoms with Crippen molar-refractivity contribution >= 4 is 23.4 Å². The van der Waals surface area contributed by atoms with E-state index >= 15 is 0 Å². The standard InChI is InChI=1S/C16H16N2O2S/c17-11-5-6-14(13(7-11)16(18)19)20-8-10-9-21-15-4-2-1-3-12(10)15/h1-7,10H,8-9,17H2,(H2,18,19). The van der Waals surface area contributed by atoms with Crippen LogP contribution >= 0.6 is 11.8 Å². The summed E-state index contributed by atoms with van der Waals surface area (Å²) in [5.41, 5.74) is 13.2. The van der Waals surface area contributed by atoms with Crippen molar-refractivity contribution in [3.63, 3.8) is 0 Å². The summed E-state index contributed by atoms with van der Waals surface area (Å²) in [4.78, 5) is 12.8. The Morgan fingerprint density at radius 1 is 1.29 bits per heavy atom. The molecule has 0 saturated carbocycles. The van der Waals surface area contributed by atoms with E-state index in [2.05, 4.69) is 12.1 Å². The molecule has 2 aromatic rings. The van der Waals surface area contributed by atoms with E-state index in [-0.39, 0.29) is 0 Å². The SMILES string of the molecule is NC(=O)c1cc(N)ccc1OCC1CSc2ccccc21. The van der Waals surface area contributed by atoms with Gasteiger partial charge in [0.15, 0.2) is 0 Å². The molecule has 1 heterocycles. The van der Waals surface area contributed by atoms with Crippen LogP contribution in [-0.2, 0) is 0 Å². The van der Waals surface area contributed by atoms with Gasteiger partial charge in [-0.15, -0.1) is 11.8 Å². The third-order valence-corrected chi connectivity index (χ3v) is 4.76. The molecule has 2 aromatic carbocycles. The molecule has 1 atom stereocenters. The predicted octanol–water partition coefficient (Wildman–Crippen LogP) is 2.64. The van der Waals surface area contributed by atoms with Gasteiger partial charge in [-0.25, -0.2) is 0 Å². The van der Waals surface area contributed by atoms with Gasteiger partial charge in [0.1, 0.15) is 5.75 Å². The van der Waals surface area contributed by atoms with Crippen LogP contribution < -0.4 is 16.2 Å². The van der Waals surface area contributed by atoms with Crippen LogP contribution in [0.2, 0.25) is 0 Å². The summed E-state index contributed by atoms with van der Waals surface area (Å²) < 4.78 is 5.82. The minimum atomic E-state index is -0.529. The fourth-order valence-corrected chi connectivity index (χ4v) is 3.66. The van der Waals surface area contributed by atoms with Crippen LogP contribution in [0.3, 0.4) is 0 Å². The van der Waals surface area contributed by atoms with E-state index in [4.69, 9.17) is 16.2 Å². The Morgan fingerprint density at radius 2 is 2.10 bits per heavy atom. The Balaban J connectivity index is 1.76. The number of amides is 1. The third-order valence-electron chi connectivity index (χ3n) is 3.51. The predicted molar refractivity (Wildman–Crippen MR) is 84.8 cm³/mol. The van der Waals surface area contributed by atoms with E-state index < -0.39 is 5.91 Å². The topological polar surface area (TPSA) is 78.3 Å². The average molecular weight is 300 g/mol. The number of carbonyl (C=O) groups is 1. The monoisotopic (exact) mass is 300 g/mol. The van der Waals surface area contributed by atoms with Gasteiger partial charge in [0.25, 0.3) is 5.91 Å². The maximum Gasteiger partial charge on any atom is 0.252 e. The molecular formula is C16H16N2O2S. The summed E-state index contributed by atoms with van der Waals surface area (Å²) in [6.07, 6.45) is 0. The number of rotatable bonds is 4. The second kappa shape index (κ2) is 5.69. The molecule has 3 rings (SSSR count). The number of hydrogen-bond donors (Lipinski definition) is 2. The highest BCUT2D eigenvalue weighted by atomic mass is 32.2. The Bertz CT molecular complexity index is 688. The number of primary amides is 1. The summed E-state index contributed by atoms with van der Waals surface area (Å²) in [6.45, 7) is 0.522.